The first-order chi connectivity index (χ1) is 12.0. The van der Waals surface area contributed by atoms with Crippen molar-refractivity contribution in [1.82, 2.24) is 4.90 Å². The predicted molar refractivity (Wildman–Crippen MR) is 103 cm³/mol. The molecule has 0 radical (unpaired) electrons. The molecule has 1 aliphatic rings. The van der Waals surface area contributed by atoms with E-state index in [0.717, 1.165) is 30.5 Å². The zero-order valence-electron chi connectivity index (χ0n) is 14.0. The van der Waals surface area contributed by atoms with Gasteiger partial charge in [0, 0.05) is 11.6 Å². The normalized spacial score (nSPS) is 17.5. The van der Waals surface area contributed by atoms with Crippen LogP contribution in [0.25, 0.3) is 11.1 Å². The summed E-state index contributed by atoms with van der Waals surface area (Å²) in [5, 5.41) is 3.80. The van der Waals surface area contributed by atoms with Gasteiger partial charge in [-0.05, 0) is 50.2 Å². The molecule has 0 bridgehead atoms. The standard InChI is InChI=1S/C19H20Cl2N2O2/c1-23-10-4-5-14(23)12-25-19(24)22-18-7-3-2-6-15(18)13-8-9-16(20)17(21)11-13/h2-3,6-9,11,14H,4-5,10,12H2,1H3,(H,22,24)/t14-/m0/s1. The van der Waals surface area contributed by atoms with Gasteiger partial charge in [0.05, 0.1) is 15.7 Å². The van der Waals surface area contributed by atoms with Gasteiger partial charge in [-0.1, -0.05) is 47.5 Å². The fourth-order valence-electron chi connectivity index (χ4n) is 3.02. The first kappa shape index (κ1) is 18.1. The molecule has 25 heavy (non-hydrogen) atoms. The highest BCUT2D eigenvalue weighted by Gasteiger charge is 2.22. The summed E-state index contributed by atoms with van der Waals surface area (Å²) >= 11 is 12.1. The fourth-order valence-corrected chi connectivity index (χ4v) is 3.31. The Morgan fingerprint density at radius 2 is 2.04 bits per heavy atom. The van der Waals surface area contributed by atoms with Crippen molar-refractivity contribution < 1.29 is 9.53 Å². The molecule has 0 saturated carbocycles. The van der Waals surface area contributed by atoms with Crippen molar-refractivity contribution >= 4 is 35.0 Å². The van der Waals surface area contributed by atoms with Crippen LogP contribution in [0.5, 0.6) is 0 Å². The number of anilines is 1. The highest BCUT2D eigenvalue weighted by Crippen LogP contribution is 2.32. The summed E-state index contributed by atoms with van der Waals surface area (Å²) in [5.41, 5.74) is 2.41. The summed E-state index contributed by atoms with van der Waals surface area (Å²) in [7, 11) is 2.05. The van der Waals surface area contributed by atoms with Gasteiger partial charge in [-0.2, -0.15) is 0 Å². The molecule has 0 spiro atoms. The maximum atomic E-state index is 12.2. The van der Waals surface area contributed by atoms with E-state index in [0.29, 0.717) is 28.4 Å². The van der Waals surface area contributed by atoms with Crippen molar-refractivity contribution in [3.8, 4) is 11.1 Å². The molecule has 4 nitrogen and oxygen atoms in total. The first-order valence-electron chi connectivity index (χ1n) is 8.23. The lowest BCUT2D eigenvalue weighted by Crippen LogP contribution is -2.31. The number of hydrogen-bond donors (Lipinski definition) is 1. The maximum Gasteiger partial charge on any atom is 0.411 e. The van der Waals surface area contributed by atoms with Crippen LogP contribution in [0.3, 0.4) is 0 Å². The predicted octanol–water partition coefficient (Wildman–Crippen LogP) is 5.30. The first-order valence-corrected chi connectivity index (χ1v) is 8.98. The van der Waals surface area contributed by atoms with E-state index >= 15 is 0 Å². The van der Waals surface area contributed by atoms with E-state index in [4.69, 9.17) is 27.9 Å². The summed E-state index contributed by atoms with van der Waals surface area (Å²) in [5.74, 6) is 0. The van der Waals surface area contributed by atoms with Crippen molar-refractivity contribution in [3.05, 3.63) is 52.5 Å². The van der Waals surface area contributed by atoms with Crippen LogP contribution in [-0.4, -0.2) is 37.2 Å². The molecule has 6 heteroatoms. The highest BCUT2D eigenvalue weighted by atomic mass is 35.5. The number of nitrogens with zero attached hydrogens (tertiary/aromatic N) is 1. The van der Waals surface area contributed by atoms with Gasteiger partial charge in [0.25, 0.3) is 0 Å². The molecule has 1 N–H and O–H groups in total. The van der Waals surface area contributed by atoms with Gasteiger partial charge in [-0.15, -0.1) is 0 Å². The minimum absolute atomic E-state index is 0.302. The third kappa shape index (κ3) is 4.46. The number of carbonyl (C=O) groups excluding carboxylic acids is 1. The van der Waals surface area contributed by atoms with E-state index in [1.165, 1.54) is 0 Å². The SMILES string of the molecule is CN1CCC[C@H]1COC(=O)Nc1ccccc1-c1ccc(Cl)c(Cl)c1. The van der Waals surface area contributed by atoms with E-state index in [1.54, 1.807) is 12.1 Å². The second-order valence-electron chi connectivity index (χ2n) is 6.17. The molecule has 0 aliphatic carbocycles. The Hall–Kier alpha value is -1.75. The number of likely N-dealkylation sites (N-methyl/N-ethyl adjacent to an activating group) is 1. The Morgan fingerprint density at radius 1 is 1.24 bits per heavy atom. The van der Waals surface area contributed by atoms with Gasteiger partial charge in [0.1, 0.15) is 6.61 Å². The number of carbonyl (C=O) groups is 1. The second kappa shape index (κ2) is 8.09. The highest BCUT2D eigenvalue weighted by molar-refractivity contribution is 6.42. The Labute approximate surface area is 157 Å². The minimum Gasteiger partial charge on any atom is -0.448 e. The van der Waals surface area contributed by atoms with Gasteiger partial charge >= 0.3 is 6.09 Å². The lowest BCUT2D eigenvalue weighted by atomic mass is 10.0. The molecule has 3 rings (SSSR count). The van der Waals surface area contributed by atoms with Crippen LogP contribution in [-0.2, 0) is 4.74 Å². The van der Waals surface area contributed by atoms with E-state index in [2.05, 4.69) is 17.3 Å². The average Bonchev–Trinajstić information content (AvgIpc) is 3.01. The molecule has 1 fully saturated rings. The van der Waals surface area contributed by atoms with Gasteiger partial charge in [-0.3, -0.25) is 5.32 Å². The molecule has 0 aromatic heterocycles. The number of para-hydroxylation sites is 1. The number of nitrogens with one attached hydrogen (secondary N) is 1. The van der Waals surface area contributed by atoms with Gasteiger partial charge in [0.2, 0.25) is 0 Å². The van der Waals surface area contributed by atoms with Crippen molar-refractivity contribution in [2.75, 3.05) is 25.5 Å². The number of rotatable bonds is 4. The molecule has 0 unspecified atom stereocenters. The van der Waals surface area contributed by atoms with E-state index in [9.17, 15) is 4.79 Å². The smallest absolute Gasteiger partial charge is 0.411 e. The summed E-state index contributed by atoms with van der Waals surface area (Å²) in [6, 6.07) is 13.2. The van der Waals surface area contributed by atoms with Crippen molar-refractivity contribution in [2.24, 2.45) is 0 Å². The van der Waals surface area contributed by atoms with Crippen LogP contribution in [0.4, 0.5) is 10.5 Å². The van der Waals surface area contributed by atoms with Gasteiger partial charge < -0.3 is 9.64 Å². The summed E-state index contributed by atoms with van der Waals surface area (Å²) in [4.78, 5) is 14.4. The molecule has 1 saturated heterocycles. The Bertz CT molecular complexity index is 767. The van der Waals surface area contributed by atoms with Crippen molar-refractivity contribution in [3.63, 3.8) is 0 Å². The van der Waals surface area contributed by atoms with Crippen molar-refractivity contribution in [1.29, 1.82) is 0 Å². The fraction of sp³-hybridized carbons (Fsp3) is 0.316. The summed E-state index contributed by atoms with van der Waals surface area (Å²) < 4.78 is 5.40. The van der Waals surface area contributed by atoms with Crippen LogP contribution in [0.15, 0.2) is 42.5 Å². The molecule has 132 valence electrons. The lowest BCUT2D eigenvalue weighted by molar-refractivity contribution is 0.127. The quantitative estimate of drug-likeness (QED) is 0.784. The number of ether oxygens (including phenoxy) is 1. The van der Waals surface area contributed by atoms with Crippen LogP contribution in [0.2, 0.25) is 10.0 Å². The van der Waals surface area contributed by atoms with Crippen LogP contribution >= 0.6 is 23.2 Å². The molecular formula is C19H20Cl2N2O2. The third-order valence-corrected chi connectivity index (χ3v) is 5.21. The lowest BCUT2D eigenvalue weighted by Gasteiger charge is -2.19. The zero-order valence-corrected chi connectivity index (χ0v) is 15.5. The largest absolute Gasteiger partial charge is 0.448 e. The molecule has 1 aliphatic heterocycles. The summed E-state index contributed by atoms with van der Waals surface area (Å²) in [6.45, 7) is 1.45. The Morgan fingerprint density at radius 3 is 2.76 bits per heavy atom. The van der Waals surface area contributed by atoms with Gasteiger partial charge in [0.15, 0.2) is 0 Å². The Kier molecular flexibility index (Phi) is 5.84. The number of amides is 1. The van der Waals surface area contributed by atoms with E-state index in [-0.39, 0.29) is 0 Å². The molecule has 1 amide bonds. The zero-order chi connectivity index (χ0) is 17.8. The topological polar surface area (TPSA) is 41.6 Å². The molecule has 2 aromatic rings. The molecule has 1 atom stereocenters. The second-order valence-corrected chi connectivity index (χ2v) is 6.99. The number of halogens is 2. The number of hydrogen-bond acceptors (Lipinski definition) is 3. The van der Waals surface area contributed by atoms with Crippen LogP contribution in [0, 0.1) is 0 Å². The maximum absolute atomic E-state index is 12.2. The minimum atomic E-state index is -0.451. The van der Waals surface area contributed by atoms with Gasteiger partial charge in [-0.25, -0.2) is 4.79 Å². The average molecular weight is 379 g/mol. The molecule has 1 heterocycles. The van der Waals surface area contributed by atoms with E-state index < -0.39 is 6.09 Å². The van der Waals surface area contributed by atoms with Crippen molar-refractivity contribution in [2.45, 2.75) is 18.9 Å². The summed E-state index contributed by atoms with van der Waals surface area (Å²) in [6.07, 6.45) is 1.75. The van der Waals surface area contributed by atoms with Crippen LogP contribution in [0.1, 0.15) is 12.8 Å². The molecule has 2 aromatic carbocycles. The van der Waals surface area contributed by atoms with Crippen LogP contribution < -0.4 is 5.32 Å². The third-order valence-electron chi connectivity index (χ3n) is 4.47. The van der Waals surface area contributed by atoms with E-state index in [1.807, 2.05) is 30.3 Å². The number of likely N-dealkylation sites (tertiary alicyclic amines) is 1. The monoisotopic (exact) mass is 378 g/mol. The Balaban J connectivity index is 1.70. The number of benzene rings is 2. The molecular weight excluding hydrogens is 359 g/mol.